The molecule has 0 spiro atoms. The second-order valence-corrected chi connectivity index (χ2v) is 6.30. The van der Waals surface area contributed by atoms with Crippen LogP contribution in [0.2, 0.25) is 0 Å². The highest BCUT2D eigenvalue weighted by atomic mass is 79.9. The second-order valence-electron chi connectivity index (χ2n) is 5.38. The smallest absolute Gasteiger partial charge is 0.124 e. The van der Waals surface area contributed by atoms with Gasteiger partial charge in [-0.25, -0.2) is 0 Å². The Labute approximate surface area is 164 Å². The monoisotopic (exact) mass is 433 g/mol. The Bertz CT molecular complexity index is 585. The van der Waals surface area contributed by atoms with E-state index in [4.69, 9.17) is 4.74 Å². The molecule has 2 aromatic rings. The first-order valence-corrected chi connectivity index (χ1v) is 8.10. The molecular weight excluding hydrogens is 413 g/mol. The number of hydrogen-bond acceptors (Lipinski definition) is 4. The van der Waals surface area contributed by atoms with E-state index in [-0.39, 0.29) is 24.8 Å². The molecule has 24 heavy (non-hydrogen) atoms. The van der Waals surface area contributed by atoms with Crippen molar-refractivity contribution < 1.29 is 29.6 Å². The molecule has 1 aromatic carbocycles. The average Bonchev–Trinajstić information content (AvgIpc) is 2.51. The van der Waals surface area contributed by atoms with E-state index in [9.17, 15) is 0 Å². The van der Waals surface area contributed by atoms with Crippen LogP contribution in [0.15, 0.2) is 47.2 Å². The van der Waals surface area contributed by atoms with E-state index in [0.717, 1.165) is 41.0 Å². The van der Waals surface area contributed by atoms with Gasteiger partial charge in [-0.2, -0.15) is 0 Å². The standard InChI is InChI=1S/C17H22BrN3O.2ClH/c1-21(2)9-8-20-12-15-10-16(18)5-6-17(15)22-13-14-4-3-7-19-11-14;;/h3-7,10-11,20H,8-9,12-13H2,1-2H3;2*1H/p-2. The van der Waals surface area contributed by atoms with Gasteiger partial charge < -0.3 is 39.8 Å². The van der Waals surface area contributed by atoms with Gasteiger partial charge in [-0.15, -0.1) is 0 Å². The van der Waals surface area contributed by atoms with E-state index in [1.165, 1.54) is 0 Å². The lowest BCUT2D eigenvalue weighted by Crippen LogP contribution is -3.00. The van der Waals surface area contributed by atoms with E-state index in [1.807, 2.05) is 30.5 Å². The van der Waals surface area contributed by atoms with E-state index < -0.39 is 0 Å². The molecular formula is C17H22BrCl2N3O-2. The molecule has 0 bridgehead atoms. The molecule has 0 unspecified atom stereocenters. The number of benzene rings is 1. The predicted molar refractivity (Wildman–Crippen MR) is 93.0 cm³/mol. The van der Waals surface area contributed by atoms with Crippen LogP contribution >= 0.6 is 15.9 Å². The van der Waals surface area contributed by atoms with Gasteiger partial charge in [-0.1, -0.05) is 22.0 Å². The first-order chi connectivity index (χ1) is 10.6. The van der Waals surface area contributed by atoms with E-state index >= 15 is 0 Å². The van der Waals surface area contributed by atoms with Gasteiger partial charge in [-0.05, 0) is 38.4 Å². The van der Waals surface area contributed by atoms with Crippen LogP contribution in [0, 0.1) is 0 Å². The third-order valence-electron chi connectivity index (χ3n) is 3.19. The molecule has 0 saturated heterocycles. The van der Waals surface area contributed by atoms with E-state index in [2.05, 4.69) is 51.3 Å². The maximum absolute atomic E-state index is 5.95. The number of pyridine rings is 1. The number of halogens is 3. The van der Waals surface area contributed by atoms with Gasteiger partial charge >= 0.3 is 0 Å². The second kappa shape index (κ2) is 12.5. The highest BCUT2D eigenvalue weighted by molar-refractivity contribution is 9.10. The summed E-state index contributed by atoms with van der Waals surface area (Å²) < 4.78 is 7.01. The number of ether oxygens (including phenoxy) is 1. The van der Waals surface area contributed by atoms with Crippen molar-refractivity contribution in [3.05, 3.63) is 58.3 Å². The largest absolute Gasteiger partial charge is 1.00 e. The average molecular weight is 435 g/mol. The lowest BCUT2D eigenvalue weighted by Gasteiger charge is -2.14. The highest BCUT2D eigenvalue weighted by Crippen LogP contribution is 2.24. The normalized spacial score (nSPS) is 10.0. The van der Waals surface area contributed by atoms with Crippen LogP contribution in [0.25, 0.3) is 0 Å². The molecule has 1 aromatic heterocycles. The van der Waals surface area contributed by atoms with Crippen molar-refractivity contribution in [1.29, 1.82) is 0 Å². The summed E-state index contributed by atoms with van der Waals surface area (Å²) in [4.78, 5) is 6.27. The van der Waals surface area contributed by atoms with Crippen LogP contribution in [-0.4, -0.2) is 37.1 Å². The topological polar surface area (TPSA) is 37.4 Å². The van der Waals surface area contributed by atoms with Crippen molar-refractivity contribution in [2.24, 2.45) is 0 Å². The number of likely N-dealkylation sites (N-methyl/N-ethyl adjacent to an activating group) is 1. The minimum absolute atomic E-state index is 0. The zero-order chi connectivity index (χ0) is 15.8. The summed E-state index contributed by atoms with van der Waals surface area (Å²) in [5.41, 5.74) is 2.22. The van der Waals surface area contributed by atoms with Crippen LogP contribution in [0.3, 0.4) is 0 Å². The van der Waals surface area contributed by atoms with Crippen LogP contribution in [0.1, 0.15) is 11.1 Å². The highest BCUT2D eigenvalue weighted by Gasteiger charge is 2.05. The van der Waals surface area contributed by atoms with Crippen molar-refractivity contribution in [2.45, 2.75) is 13.2 Å². The third-order valence-corrected chi connectivity index (χ3v) is 3.68. The van der Waals surface area contributed by atoms with Gasteiger partial charge in [-0.3, -0.25) is 4.98 Å². The SMILES string of the molecule is CN(C)CCNCc1cc(Br)ccc1OCc1cccnc1.[Cl-].[Cl-]. The number of aromatic nitrogens is 1. The molecule has 0 atom stereocenters. The molecule has 1 heterocycles. The van der Waals surface area contributed by atoms with Crippen molar-refractivity contribution in [3.63, 3.8) is 0 Å². The van der Waals surface area contributed by atoms with Gasteiger partial charge in [0, 0.05) is 47.6 Å². The zero-order valence-corrected chi connectivity index (χ0v) is 16.9. The molecule has 0 aliphatic carbocycles. The maximum Gasteiger partial charge on any atom is 0.124 e. The van der Waals surface area contributed by atoms with Crippen molar-refractivity contribution in [2.75, 3.05) is 27.2 Å². The lowest BCUT2D eigenvalue weighted by molar-refractivity contribution is -0.00100. The summed E-state index contributed by atoms with van der Waals surface area (Å²) in [7, 11) is 4.15. The fraction of sp³-hybridized carbons (Fsp3) is 0.353. The molecule has 2 rings (SSSR count). The first kappa shape index (κ1) is 23.1. The quantitative estimate of drug-likeness (QED) is 0.452. The zero-order valence-electron chi connectivity index (χ0n) is 13.8. The predicted octanol–water partition coefficient (Wildman–Crippen LogP) is -2.92. The molecule has 134 valence electrons. The van der Waals surface area contributed by atoms with Crippen molar-refractivity contribution in [3.8, 4) is 5.75 Å². The van der Waals surface area contributed by atoms with Gasteiger partial charge in [0.15, 0.2) is 0 Å². The Morgan fingerprint density at radius 3 is 2.67 bits per heavy atom. The van der Waals surface area contributed by atoms with Gasteiger partial charge in [0.1, 0.15) is 12.4 Å². The molecule has 4 nitrogen and oxygen atoms in total. The summed E-state index contributed by atoms with van der Waals surface area (Å²) in [6.45, 7) is 3.28. The van der Waals surface area contributed by atoms with Crippen LogP contribution in [0.4, 0.5) is 0 Å². The van der Waals surface area contributed by atoms with Gasteiger partial charge in [0.25, 0.3) is 0 Å². The summed E-state index contributed by atoms with van der Waals surface area (Å²) in [6, 6.07) is 10.0. The Kier molecular flexibility index (Phi) is 12.1. The molecule has 0 radical (unpaired) electrons. The lowest BCUT2D eigenvalue weighted by atomic mass is 10.2. The number of nitrogens with zero attached hydrogens (tertiary/aromatic N) is 2. The van der Waals surface area contributed by atoms with Gasteiger partial charge in [0.05, 0.1) is 0 Å². The maximum atomic E-state index is 5.95. The first-order valence-electron chi connectivity index (χ1n) is 7.31. The molecule has 7 heteroatoms. The molecule has 1 N–H and O–H groups in total. The summed E-state index contributed by atoms with van der Waals surface area (Å²) in [6.07, 6.45) is 3.59. The number of nitrogens with one attached hydrogen (secondary N) is 1. The fourth-order valence-electron chi connectivity index (χ4n) is 2.00. The van der Waals surface area contributed by atoms with E-state index in [0.29, 0.717) is 6.61 Å². The third kappa shape index (κ3) is 8.31. The summed E-state index contributed by atoms with van der Waals surface area (Å²) >= 11 is 3.52. The Morgan fingerprint density at radius 1 is 1.21 bits per heavy atom. The van der Waals surface area contributed by atoms with Crippen LogP contribution in [0.5, 0.6) is 5.75 Å². The Balaban J connectivity index is 0.00000264. The Morgan fingerprint density at radius 2 is 2.00 bits per heavy atom. The number of hydrogen-bond donors (Lipinski definition) is 1. The van der Waals surface area contributed by atoms with Crippen molar-refractivity contribution >= 4 is 15.9 Å². The van der Waals surface area contributed by atoms with Crippen LogP contribution in [-0.2, 0) is 13.2 Å². The summed E-state index contributed by atoms with van der Waals surface area (Å²) in [5, 5.41) is 3.44. The minimum Gasteiger partial charge on any atom is -1.00 e. The molecule has 0 aliphatic heterocycles. The van der Waals surface area contributed by atoms with Crippen molar-refractivity contribution in [1.82, 2.24) is 15.2 Å². The Hall–Kier alpha value is -0.850. The summed E-state index contributed by atoms with van der Waals surface area (Å²) in [5.74, 6) is 0.907. The molecule has 0 amide bonds. The molecule has 0 fully saturated rings. The fourth-order valence-corrected chi connectivity index (χ4v) is 2.41. The van der Waals surface area contributed by atoms with Crippen LogP contribution < -0.4 is 34.9 Å². The molecule has 0 saturated carbocycles. The number of rotatable bonds is 8. The molecule has 0 aliphatic rings. The van der Waals surface area contributed by atoms with Gasteiger partial charge in [0.2, 0.25) is 0 Å². The van der Waals surface area contributed by atoms with E-state index in [1.54, 1.807) is 6.20 Å². The minimum atomic E-state index is 0.